The molecule has 0 spiro atoms. The third-order valence-corrected chi connectivity index (χ3v) is 5.68. The van der Waals surface area contributed by atoms with Gasteiger partial charge >= 0.3 is 0 Å². The Hall–Kier alpha value is -1.10. The quantitative estimate of drug-likeness (QED) is 0.201. The van der Waals surface area contributed by atoms with Crippen LogP contribution < -0.4 is 0 Å². The first-order chi connectivity index (χ1) is 15.2. The van der Waals surface area contributed by atoms with Gasteiger partial charge in [-0.2, -0.15) is 0 Å². The van der Waals surface area contributed by atoms with Crippen molar-refractivity contribution in [3.8, 4) is 5.75 Å². The highest BCUT2D eigenvalue weighted by molar-refractivity contribution is 5.43. The van der Waals surface area contributed by atoms with E-state index in [1.165, 1.54) is 57.8 Å². The molecule has 180 valence electrons. The van der Waals surface area contributed by atoms with Crippen molar-refractivity contribution < 1.29 is 19.3 Å². The lowest BCUT2D eigenvalue weighted by Crippen LogP contribution is -2.08. The van der Waals surface area contributed by atoms with Crippen LogP contribution in [0.5, 0.6) is 5.75 Å². The average Bonchev–Trinajstić information content (AvgIpc) is 2.77. The van der Waals surface area contributed by atoms with E-state index in [1.54, 1.807) is 6.07 Å². The topological polar surface area (TPSA) is 47.9 Å². The second-order valence-electron chi connectivity index (χ2n) is 8.54. The van der Waals surface area contributed by atoms with Crippen LogP contribution in [0.3, 0.4) is 0 Å². The van der Waals surface area contributed by atoms with Crippen LogP contribution >= 0.6 is 0 Å². The molecule has 0 saturated carbocycles. The first-order valence-corrected chi connectivity index (χ1v) is 12.8. The lowest BCUT2D eigenvalue weighted by atomic mass is 10.0. The van der Waals surface area contributed by atoms with Crippen LogP contribution in [0.4, 0.5) is 0 Å². The molecular formula is C27H48O4. The number of benzene rings is 1. The van der Waals surface area contributed by atoms with Gasteiger partial charge < -0.3 is 19.3 Å². The highest BCUT2D eigenvalue weighted by atomic mass is 16.5. The molecule has 0 heterocycles. The molecule has 1 N–H and O–H groups in total. The zero-order valence-electron chi connectivity index (χ0n) is 20.6. The van der Waals surface area contributed by atoms with Crippen LogP contribution in [0.2, 0.25) is 0 Å². The average molecular weight is 437 g/mol. The standard InChI is InChI=1S/C27H48O4/c1-4-7-10-13-18-29-21-24-16-17-27(28)26(23-31-20-15-12-9-6-3)25(24)22-30-19-14-11-8-5-2/h16-17,28H,4-15,18-23H2,1-3H3. The second kappa shape index (κ2) is 19.6. The molecule has 0 aliphatic rings. The monoisotopic (exact) mass is 436 g/mol. The molecule has 1 aromatic carbocycles. The normalized spacial score (nSPS) is 11.3. The van der Waals surface area contributed by atoms with E-state index >= 15 is 0 Å². The molecule has 4 nitrogen and oxygen atoms in total. The molecule has 0 aromatic heterocycles. The fourth-order valence-electron chi connectivity index (χ4n) is 3.63. The van der Waals surface area contributed by atoms with Crippen molar-refractivity contribution in [3.63, 3.8) is 0 Å². The van der Waals surface area contributed by atoms with E-state index < -0.39 is 0 Å². The lowest BCUT2D eigenvalue weighted by Gasteiger charge is -2.17. The van der Waals surface area contributed by atoms with E-state index in [2.05, 4.69) is 20.8 Å². The molecule has 31 heavy (non-hydrogen) atoms. The number of ether oxygens (including phenoxy) is 3. The Bertz CT molecular complexity index is 544. The minimum atomic E-state index is 0.296. The van der Waals surface area contributed by atoms with Crippen molar-refractivity contribution in [2.45, 2.75) is 118 Å². The van der Waals surface area contributed by atoms with E-state index in [4.69, 9.17) is 14.2 Å². The maximum absolute atomic E-state index is 10.5. The minimum absolute atomic E-state index is 0.296. The molecule has 0 aliphatic heterocycles. The summed E-state index contributed by atoms with van der Waals surface area (Å²) in [5.41, 5.74) is 3.00. The Kier molecular flexibility index (Phi) is 17.6. The summed E-state index contributed by atoms with van der Waals surface area (Å²) in [7, 11) is 0. The van der Waals surface area contributed by atoms with Gasteiger partial charge in [-0.1, -0.05) is 84.6 Å². The highest BCUT2D eigenvalue weighted by Crippen LogP contribution is 2.27. The maximum Gasteiger partial charge on any atom is 0.121 e. The summed E-state index contributed by atoms with van der Waals surface area (Å²) in [6.45, 7) is 10.4. The summed E-state index contributed by atoms with van der Waals surface area (Å²) in [5.74, 6) is 0.296. The van der Waals surface area contributed by atoms with Gasteiger partial charge in [0.25, 0.3) is 0 Å². The number of phenols is 1. The molecule has 0 bridgehead atoms. The number of rotatable bonds is 21. The zero-order valence-corrected chi connectivity index (χ0v) is 20.6. The third-order valence-electron chi connectivity index (χ3n) is 5.68. The predicted molar refractivity (Wildman–Crippen MR) is 130 cm³/mol. The molecule has 4 heteroatoms. The van der Waals surface area contributed by atoms with Crippen LogP contribution in [-0.2, 0) is 34.0 Å². The second-order valence-corrected chi connectivity index (χ2v) is 8.54. The molecule has 0 amide bonds. The summed E-state index contributed by atoms with van der Waals surface area (Å²) in [4.78, 5) is 0. The van der Waals surface area contributed by atoms with Crippen molar-refractivity contribution in [1.29, 1.82) is 0 Å². The van der Waals surface area contributed by atoms with Gasteiger partial charge in [0.1, 0.15) is 5.75 Å². The number of hydrogen-bond acceptors (Lipinski definition) is 4. The summed E-state index contributed by atoms with van der Waals surface area (Å²) >= 11 is 0. The molecule has 1 aromatic rings. The minimum Gasteiger partial charge on any atom is -0.508 e. The number of aromatic hydroxyl groups is 1. The van der Waals surface area contributed by atoms with E-state index in [0.717, 1.165) is 55.8 Å². The highest BCUT2D eigenvalue weighted by Gasteiger charge is 2.14. The smallest absolute Gasteiger partial charge is 0.121 e. The van der Waals surface area contributed by atoms with E-state index in [1.807, 2.05) is 6.07 Å². The van der Waals surface area contributed by atoms with Crippen LogP contribution in [0.25, 0.3) is 0 Å². The summed E-state index contributed by atoms with van der Waals surface area (Å²) in [5, 5.41) is 10.5. The molecule has 0 unspecified atom stereocenters. The van der Waals surface area contributed by atoms with Crippen molar-refractivity contribution in [2.24, 2.45) is 0 Å². The number of phenolic OH excluding ortho intramolecular Hbond substituents is 1. The molecule has 0 fully saturated rings. The third kappa shape index (κ3) is 13.1. The van der Waals surface area contributed by atoms with Gasteiger partial charge in [-0.3, -0.25) is 0 Å². The van der Waals surface area contributed by atoms with Gasteiger partial charge in [0.15, 0.2) is 0 Å². The van der Waals surface area contributed by atoms with E-state index in [-0.39, 0.29) is 0 Å². The van der Waals surface area contributed by atoms with Gasteiger partial charge in [0.05, 0.1) is 19.8 Å². The van der Waals surface area contributed by atoms with Crippen LogP contribution in [0, 0.1) is 0 Å². The number of hydrogen-bond donors (Lipinski definition) is 1. The van der Waals surface area contributed by atoms with Crippen molar-refractivity contribution in [2.75, 3.05) is 19.8 Å². The first-order valence-electron chi connectivity index (χ1n) is 12.8. The molecule has 0 atom stereocenters. The van der Waals surface area contributed by atoms with Gasteiger partial charge in [-0.15, -0.1) is 0 Å². The Labute approximate surface area is 191 Å². The van der Waals surface area contributed by atoms with Gasteiger partial charge in [0, 0.05) is 25.4 Å². The Balaban J connectivity index is 2.67. The Morgan fingerprint density at radius 1 is 0.548 bits per heavy atom. The number of unbranched alkanes of at least 4 members (excludes halogenated alkanes) is 9. The van der Waals surface area contributed by atoms with Crippen molar-refractivity contribution in [3.05, 3.63) is 28.8 Å². The molecule has 0 radical (unpaired) electrons. The predicted octanol–water partition coefficient (Wildman–Crippen LogP) is 7.68. The fourth-order valence-corrected chi connectivity index (χ4v) is 3.63. The van der Waals surface area contributed by atoms with Crippen LogP contribution in [0.1, 0.15) is 115 Å². The largest absolute Gasteiger partial charge is 0.508 e. The van der Waals surface area contributed by atoms with Gasteiger partial charge in [-0.25, -0.2) is 0 Å². The molecule has 0 aliphatic carbocycles. The SMILES string of the molecule is CCCCCCOCc1ccc(O)c(COCCCCCC)c1COCCCCCC. The maximum atomic E-state index is 10.5. The van der Waals surface area contributed by atoms with Gasteiger partial charge in [0.2, 0.25) is 0 Å². The lowest BCUT2D eigenvalue weighted by molar-refractivity contribution is 0.0946. The van der Waals surface area contributed by atoms with Crippen molar-refractivity contribution >= 4 is 0 Å². The summed E-state index contributed by atoms with van der Waals surface area (Å²) in [6, 6.07) is 3.75. The van der Waals surface area contributed by atoms with Crippen molar-refractivity contribution in [1.82, 2.24) is 0 Å². The van der Waals surface area contributed by atoms with Gasteiger partial charge in [-0.05, 0) is 36.5 Å². The van der Waals surface area contributed by atoms with Crippen LogP contribution in [-0.4, -0.2) is 24.9 Å². The Morgan fingerprint density at radius 2 is 1.00 bits per heavy atom. The molecule has 0 saturated heterocycles. The fraction of sp³-hybridized carbons (Fsp3) is 0.778. The summed E-state index contributed by atoms with van der Waals surface area (Å²) in [6.07, 6.45) is 14.3. The molecule has 1 rings (SSSR count). The summed E-state index contributed by atoms with van der Waals surface area (Å²) < 4.78 is 17.9. The van der Waals surface area contributed by atoms with E-state index in [9.17, 15) is 5.11 Å². The molecular weight excluding hydrogens is 388 g/mol. The first kappa shape index (κ1) is 27.9. The van der Waals surface area contributed by atoms with E-state index in [0.29, 0.717) is 25.6 Å². The van der Waals surface area contributed by atoms with Crippen LogP contribution in [0.15, 0.2) is 12.1 Å². The zero-order chi connectivity index (χ0) is 22.6. The Morgan fingerprint density at radius 3 is 1.48 bits per heavy atom.